The molecule has 1 saturated heterocycles. The van der Waals surface area contributed by atoms with Gasteiger partial charge in [-0.3, -0.25) is 9.88 Å². The van der Waals surface area contributed by atoms with Gasteiger partial charge in [-0.25, -0.2) is 0 Å². The highest BCUT2D eigenvalue weighted by Crippen LogP contribution is 2.42. The fraction of sp³-hybridized carbons (Fsp3) is 0.389. The van der Waals surface area contributed by atoms with Crippen LogP contribution in [0.2, 0.25) is 0 Å². The summed E-state index contributed by atoms with van der Waals surface area (Å²) in [6.07, 6.45) is 3.57. The Hall–Kier alpha value is -1.48. The highest BCUT2D eigenvalue weighted by atomic mass is 35.5. The second-order valence-corrected chi connectivity index (χ2v) is 7.12. The normalized spacial score (nSPS) is 18.0. The fourth-order valence-corrected chi connectivity index (χ4v) is 3.81. The SMILES string of the molecule is COc1ccc(CN2CCNCC2c2cccnc2)cc1SC(F)(F)F.Cl. The van der Waals surface area contributed by atoms with Crippen LogP contribution in [0.1, 0.15) is 17.2 Å². The first-order chi connectivity index (χ1) is 12.5. The lowest BCUT2D eigenvalue weighted by molar-refractivity contribution is -0.0328. The van der Waals surface area contributed by atoms with E-state index >= 15 is 0 Å². The molecule has 148 valence electrons. The minimum absolute atomic E-state index is 0. The monoisotopic (exact) mass is 419 g/mol. The van der Waals surface area contributed by atoms with E-state index in [1.54, 1.807) is 18.3 Å². The zero-order chi connectivity index (χ0) is 18.6. The largest absolute Gasteiger partial charge is 0.496 e. The van der Waals surface area contributed by atoms with Gasteiger partial charge in [0.1, 0.15) is 5.75 Å². The predicted octanol–water partition coefficient (Wildman–Crippen LogP) is 4.27. The molecule has 1 fully saturated rings. The number of benzene rings is 1. The molecular formula is C18H21ClF3N3OS. The molecule has 27 heavy (non-hydrogen) atoms. The second-order valence-electron chi connectivity index (χ2n) is 6.01. The number of rotatable bonds is 5. The van der Waals surface area contributed by atoms with Crippen LogP contribution in [-0.4, -0.2) is 42.1 Å². The summed E-state index contributed by atoms with van der Waals surface area (Å²) in [5.74, 6) is 0.236. The van der Waals surface area contributed by atoms with Gasteiger partial charge in [0.05, 0.1) is 12.0 Å². The molecule has 1 atom stereocenters. The van der Waals surface area contributed by atoms with E-state index in [-0.39, 0.29) is 40.9 Å². The molecule has 1 aliphatic rings. The number of thioether (sulfide) groups is 1. The van der Waals surface area contributed by atoms with Gasteiger partial charge in [-0.15, -0.1) is 12.4 Å². The topological polar surface area (TPSA) is 37.4 Å². The molecule has 0 aliphatic carbocycles. The molecule has 1 aromatic carbocycles. The first-order valence-corrected chi connectivity index (χ1v) is 9.05. The first-order valence-electron chi connectivity index (χ1n) is 8.23. The molecule has 1 aliphatic heterocycles. The Morgan fingerprint density at radius 2 is 2.15 bits per heavy atom. The molecule has 0 bridgehead atoms. The Labute approximate surface area is 166 Å². The van der Waals surface area contributed by atoms with Crippen LogP contribution in [0, 0.1) is 0 Å². The maximum Gasteiger partial charge on any atom is 0.446 e. The number of methoxy groups -OCH3 is 1. The molecular weight excluding hydrogens is 399 g/mol. The van der Waals surface area contributed by atoms with Crippen LogP contribution >= 0.6 is 24.2 Å². The lowest BCUT2D eigenvalue weighted by atomic mass is 10.0. The number of aromatic nitrogens is 1. The van der Waals surface area contributed by atoms with Crippen molar-refractivity contribution in [2.24, 2.45) is 0 Å². The Bertz CT molecular complexity index is 734. The van der Waals surface area contributed by atoms with E-state index in [2.05, 4.69) is 15.2 Å². The molecule has 1 aromatic heterocycles. The molecule has 4 nitrogen and oxygen atoms in total. The maximum atomic E-state index is 12.8. The van der Waals surface area contributed by atoms with Crippen molar-refractivity contribution < 1.29 is 17.9 Å². The van der Waals surface area contributed by atoms with E-state index in [0.717, 1.165) is 30.8 Å². The molecule has 9 heteroatoms. The van der Waals surface area contributed by atoms with Crippen LogP contribution in [-0.2, 0) is 6.54 Å². The summed E-state index contributed by atoms with van der Waals surface area (Å²) in [7, 11) is 1.38. The fourth-order valence-electron chi connectivity index (χ4n) is 3.10. The number of hydrogen-bond acceptors (Lipinski definition) is 5. The summed E-state index contributed by atoms with van der Waals surface area (Å²) in [5.41, 5.74) is -2.43. The van der Waals surface area contributed by atoms with Gasteiger partial charge in [0.25, 0.3) is 0 Å². The molecule has 3 rings (SSSR count). The van der Waals surface area contributed by atoms with Crippen LogP contribution in [0.4, 0.5) is 13.2 Å². The molecule has 2 heterocycles. The van der Waals surface area contributed by atoms with Gasteiger partial charge >= 0.3 is 5.51 Å². The minimum Gasteiger partial charge on any atom is -0.496 e. The summed E-state index contributed by atoms with van der Waals surface area (Å²) in [6.45, 7) is 3.01. The maximum absolute atomic E-state index is 12.8. The number of pyridine rings is 1. The number of piperazine rings is 1. The zero-order valence-corrected chi connectivity index (χ0v) is 16.3. The highest BCUT2D eigenvalue weighted by molar-refractivity contribution is 8.00. The van der Waals surface area contributed by atoms with Crippen LogP contribution in [0.25, 0.3) is 0 Å². The van der Waals surface area contributed by atoms with Gasteiger partial charge in [-0.05, 0) is 41.1 Å². The van der Waals surface area contributed by atoms with E-state index < -0.39 is 5.51 Å². The Kier molecular flexibility index (Phi) is 7.79. The molecule has 1 N–H and O–H groups in total. The van der Waals surface area contributed by atoms with Gasteiger partial charge in [0.2, 0.25) is 0 Å². The average molecular weight is 420 g/mol. The van der Waals surface area contributed by atoms with Crippen molar-refractivity contribution in [3.8, 4) is 5.75 Å². The van der Waals surface area contributed by atoms with Crippen molar-refractivity contribution in [3.63, 3.8) is 0 Å². The molecule has 0 amide bonds. The summed E-state index contributed by atoms with van der Waals surface area (Å²) in [5, 5.41) is 3.37. The Morgan fingerprint density at radius 3 is 2.81 bits per heavy atom. The third-order valence-electron chi connectivity index (χ3n) is 4.26. The number of alkyl halides is 3. The summed E-state index contributed by atoms with van der Waals surface area (Å²) in [4.78, 5) is 6.53. The average Bonchev–Trinajstić information content (AvgIpc) is 2.62. The molecule has 1 unspecified atom stereocenters. The highest BCUT2D eigenvalue weighted by Gasteiger charge is 2.31. The van der Waals surface area contributed by atoms with E-state index in [1.165, 1.54) is 7.11 Å². The van der Waals surface area contributed by atoms with Gasteiger partial charge in [-0.1, -0.05) is 12.1 Å². The van der Waals surface area contributed by atoms with Gasteiger partial charge in [0.15, 0.2) is 0 Å². The summed E-state index contributed by atoms with van der Waals surface area (Å²) >= 11 is -0.141. The van der Waals surface area contributed by atoms with Crippen molar-refractivity contribution in [1.82, 2.24) is 15.2 Å². The van der Waals surface area contributed by atoms with Crippen molar-refractivity contribution in [3.05, 3.63) is 53.9 Å². The van der Waals surface area contributed by atoms with Crippen LogP contribution in [0.5, 0.6) is 5.75 Å². The van der Waals surface area contributed by atoms with Gasteiger partial charge in [0, 0.05) is 44.6 Å². The minimum atomic E-state index is -4.35. The van der Waals surface area contributed by atoms with Crippen LogP contribution < -0.4 is 10.1 Å². The standard InChI is InChI=1S/C18H20F3N3OS.ClH/c1-25-16-5-4-13(9-17(16)26-18(19,20)21)12-24-8-7-23-11-15(24)14-3-2-6-22-10-14;/h2-6,9-10,15,23H,7-8,11-12H2,1H3;1H. The lowest BCUT2D eigenvalue weighted by Gasteiger charge is -2.36. The van der Waals surface area contributed by atoms with Crippen molar-refractivity contribution >= 4 is 24.2 Å². The molecule has 2 aromatic rings. The lowest BCUT2D eigenvalue weighted by Crippen LogP contribution is -2.45. The number of hydrogen-bond donors (Lipinski definition) is 1. The van der Waals surface area contributed by atoms with Gasteiger partial charge < -0.3 is 10.1 Å². The van der Waals surface area contributed by atoms with Crippen molar-refractivity contribution in [2.45, 2.75) is 23.0 Å². The van der Waals surface area contributed by atoms with E-state index in [9.17, 15) is 13.2 Å². The number of nitrogens with zero attached hydrogens (tertiary/aromatic N) is 2. The smallest absolute Gasteiger partial charge is 0.446 e. The van der Waals surface area contributed by atoms with Crippen LogP contribution in [0.3, 0.4) is 0 Å². The second kappa shape index (κ2) is 9.64. The number of halogens is 4. The molecule has 0 spiro atoms. The van der Waals surface area contributed by atoms with E-state index in [0.29, 0.717) is 6.54 Å². The quantitative estimate of drug-likeness (QED) is 0.732. The van der Waals surface area contributed by atoms with Gasteiger partial charge in [-0.2, -0.15) is 13.2 Å². The van der Waals surface area contributed by atoms with E-state index in [1.807, 2.05) is 24.4 Å². The summed E-state index contributed by atoms with van der Waals surface area (Å²) in [6, 6.07) is 9.05. The van der Waals surface area contributed by atoms with Crippen molar-refractivity contribution in [2.75, 3.05) is 26.7 Å². The number of ether oxygens (including phenoxy) is 1. The van der Waals surface area contributed by atoms with Crippen LogP contribution in [0.15, 0.2) is 47.6 Å². The number of nitrogens with one attached hydrogen (secondary N) is 1. The zero-order valence-electron chi connectivity index (χ0n) is 14.7. The molecule has 0 saturated carbocycles. The third-order valence-corrected chi connectivity index (χ3v) is 5.03. The predicted molar refractivity (Wildman–Crippen MR) is 102 cm³/mol. The Balaban J connectivity index is 0.00000261. The first kappa shape index (κ1) is 21.8. The van der Waals surface area contributed by atoms with E-state index in [4.69, 9.17) is 4.74 Å². The molecule has 0 radical (unpaired) electrons. The Morgan fingerprint density at radius 1 is 1.33 bits per heavy atom. The third kappa shape index (κ3) is 6.00. The summed E-state index contributed by atoms with van der Waals surface area (Å²) < 4.78 is 43.5. The van der Waals surface area contributed by atoms with Crippen molar-refractivity contribution in [1.29, 1.82) is 0 Å².